The zero-order valence-corrected chi connectivity index (χ0v) is 20.6. The Hall–Kier alpha value is -0.680. The molecule has 29 heavy (non-hydrogen) atoms. The molecule has 4 nitrogen and oxygen atoms in total. The molecule has 1 aliphatic rings. The molecule has 0 aliphatic carbocycles. The van der Waals surface area contributed by atoms with Crippen molar-refractivity contribution < 1.29 is 13.2 Å². The summed E-state index contributed by atoms with van der Waals surface area (Å²) < 4.78 is 38.7. The Balaban J connectivity index is 0.00000420. The van der Waals surface area contributed by atoms with Crippen LogP contribution in [0.25, 0.3) is 0 Å². The van der Waals surface area contributed by atoms with Crippen LogP contribution in [-0.4, -0.2) is 54.6 Å². The molecule has 2 N–H and O–H groups in total. The minimum atomic E-state index is -4.29. The second-order valence-corrected chi connectivity index (χ2v) is 9.30. The number of hydrogen-bond donors (Lipinski definition) is 2. The first-order valence-corrected chi connectivity index (χ1v) is 10.8. The number of halogens is 4. The van der Waals surface area contributed by atoms with E-state index in [9.17, 15) is 13.2 Å². The van der Waals surface area contributed by atoms with E-state index in [-0.39, 0.29) is 28.7 Å². The zero-order chi connectivity index (χ0) is 20.8. The van der Waals surface area contributed by atoms with Crippen LogP contribution >= 0.6 is 35.7 Å². The molecule has 1 heterocycles. The van der Waals surface area contributed by atoms with E-state index >= 15 is 0 Å². The summed E-state index contributed by atoms with van der Waals surface area (Å²) in [6.45, 7) is 7.44. The van der Waals surface area contributed by atoms with Gasteiger partial charge in [-0.2, -0.15) is 24.9 Å². The number of alkyl halides is 3. The molecule has 0 spiro atoms. The highest BCUT2D eigenvalue weighted by molar-refractivity contribution is 14.0. The van der Waals surface area contributed by atoms with Crippen molar-refractivity contribution in [3.8, 4) is 0 Å². The van der Waals surface area contributed by atoms with Gasteiger partial charge in [-0.1, -0.05) is 18.2 Å². The molecule has 1 aromatic carbocycles. The van der Waals surface area contributed by atoms with Gasteiger partial charge in [0.1, 0.15) is 0 Å². The maximum absolute atomic E-state index is 12.9. The summed E-state index contributed by atoms with van der Waals surface area (Å²) in [5.74, 6) is 0.804. The summed E-state index contributed by atoms with van der Waals surface area (Å²) in [4.78, 5) is 6.51. The van der Waals surface area contributed by atoms with Gasteiger partial charge in [0.15, 0.2) is 5.96 Å². The molecule has 0 aromatic heterocycles. The van der Waals surface area contributed by atoms with Gasteiger partial charge in [0.05, 0.1) is 5.56 Å². The Morgan fingerprint density at radius 2 is 1.90 bits per heavy atom. The zero-order valence-electron chi connectivity index (χ0n) is 17.5. The number of aliphatic imine (C=N–C) groups is 1. The van der Waals surface area contributed by atoms with Gasteiger partial charge in [0, 0.05) is 44.0 Å². The fourth-order valence-corrected chi connectivity index (χ4v) is 3.31. The van der Waals surface area contributed by atoms with Gasteiger partial charge in [0.2, 0.25) is 0 Å². The molecule has 1 aliphatic heterocycles. The number of likely N-dealkylation sites (tertiary alicyclic amines) is 1. The van der Waals surface area contributed by atoms with Gasteiger partial charge in [0.25, 0.3) is 0 Å². The van der Waals surface area contributed by atoms with E-state index in [2.05, 4.69) is 40.6 Å². The van der Waals surface area contributed by atoms with Crippen LogP contribution in [0.3, 0.4) is 0 Å². The number of rotatable bonds is 6. The van der Waals surface area contributed by atoms with Crippen LogP contribution in [-0.2, 0) is 12.7 Å². The Morgan fingerprint density at radius 3 is 2.45 bits per heavy atom. The van der Waals surface area contributed by atoms with Gasteiger partial charge in [-0.25, -0.2) is 0 Å². The molecule has 0 bridgehead atoms. The second-order valence-electron chi connectivity index (χ2n) is 7.78. The van der Waals surface area contributed by atoms with Crippen molar-refractivity contribution in [3.05, 3.63) is 35.4 Å². The summed E-state index contributed by atoms with van der Waals surface area (Å²) in [6.07, 6.45) is -0.324. The molecule has 0 atom stereocenters. The number of benzene rings is 1. The third-order valence-electron chi connectivity index (χ3n) is 5.05. The number of guanidine groups is 1. The van der Waals surface area contributed by atoms with Gasteiger partial charge in [-0.3, -0.25) is 9.89 Å². The first-order chi connectivity index (χ1) is 13.1. The minimum absolute atomic E-state index is 0. The Bertz CT molecular complexity index is 659. The highest BCUT2D eigenvalue weighted by atomic mass is 127. The topological polar surface area (TPSA) is 39.7 Å². The van der Waals surface area contributed by atoms with Crippen molar-refractivity contribution in [2.75, 3.05) is 32.9 Å². The van der Waals surface area contributed by atoms with Crippen molar-refractivity contribution in [3.63, 3.8) is 0 Å². The highest BCUT2D eigenvalue weighted by Gasteiger charge is 2.30. The molecule has 2 rings (SSSR count). The van der Waals surface area contributed by atoms with Gasteiger partial charge in [-0.15, -0.1) is 24.0 Å². The SMILES string of the molecule is CN=C(NCC(C)(C)SC)NC1CCN(Cc2cccc(C(F)(F)F)c2)CC1.I. The summed E-state index contributed by atoms with van der Waals surface area (Å²) in [5, 5.41) is 6.85. The quantitative estimate of drug-likeness (QED) is 0.312. The van der Waals surface area contributed by atoms with Crippen LogP contribution in [0.15, 0.2) is 29.3 Å². The van der Waals surface area contributed by atoms with E-state index in [4.69, 9.17) is 0 Å². The number of nitrogens with one attached hydrogen (secondary N) is 2. The fourth-order valence-electron chi connectivity index (χ4n) is 3.10. The van der Waals surface area contributed by atoms with Crippen LogP contribution < -0.4 is 10.6 Å². The number of thioether (sulfide) groups is 1. The predicted octanol–water partition coefficient (Wildman–Crippen LogP) is 4.59. The monoisotopic (exact) mass is 544 g/mol. The van der Waals surface area contributed by atoms with Gasteiger partial charge >= 0.3 is 6.18 Å². The second kappa shape index (κ2) is 11.6. The van der Waals surface area contributed by atoms with E-state index in [0.29, 0.717) is 18.2 Å². The third-order valence-corrected chi connectivity index (χ3v) is 6.30. The molecule has 0 saturated carbocycles. The Morgan fingerprint density at radius 1 is 1.24 bits per heavy atom. The standard InChI is InChI=1S/C20H31F3N4S.HI/c1-19(2,28-4)14-25-18(24-3)26-17-8-10-27(11-9-17)13-15-6-5-7-16(12-15)20(21,22)23;/h5-7,12,17H,8-11,13-14H2,1-4H3,(H2,24,25,26);1H. The summed E-state index contributed by atoms with van der Waals surface area (Å²) in [6, 6.07) is 5.94. The first-order valence-electron chi connectivity index (χ1n) is 9.54. The average Bonchev–Trinajstić information content (AvgIpc) is 2.66. The van der Waals surface area contributed by atoms with Crippen LogP contribution in [0, 0.1) is 0 Å². The lowest BCUT2D eigenvalue weighted by Crippen LogP contribution is -2.50. The number of piperidine rings is 1. The lowest BCUT2D eigenvalue weighted by Gasteiger charge is -2.33. The molecule has 1 fully saturated rings. The molecule has 1 aromatic rings. The van der Waals surface area contributed by atoms with Crippen molar-refractivity contribution in [2.24, 2.45) is 4.99 Å². The van der Waals surface area contributed by atoms with Crippen molar-refractivity contribution >= 4 is 41.7 Å². The van der Waals surface area contributed by atoms with Crippen LogP contribution in [0.4, 0.5) is 13.2 Å². The molecule has 1 saturated heterocycles. The van der Waals surface area contributed by atoms with Gasteiger partial charge < -0.3 is 10.6 Å². The van der Waals surface area contributed by atoms with Crippen molar-refractivity contribution in [1.29, 1.82) is 0 Å². The molecule has 0 unspecified atom stereocenters. The van der Waals surface area contributed by atoms with E-state index in [0.717, 1.165) is 44.5 Å². The fraction of sp³-hybridized carbons (Fsp3) is 0.650. The van der Waals surface area contributed by atoms with E-state index in [1.165, 1.54) is 12.1 Å². The maximum atomic E-state index is 12.9. The number of nitrogens with zero attached hydrogens (tertiary/aromatic N) is 2. The highest BCUT2D eigenvalue weighted by Crippen LogP contribution is 2.30. The molecule has 0 amide bonds. The average molecular weight is 544 g/mol. The molecular formula is C20H32F3IN4S. The van der Waals surface area contributed by atoms with Crippen LogP contribution in [0.2, 0.25) is 0 Å². The normalized spacial score (nSPS) is 17.0. The molecule has 9 heteroatoms. The number of hydrogen-bond acceptors (Lipinski definition) is 3. The maximum Gasteiger partial charge on any atom is 0.416 e. The largest absolute Gasteiger partial charge is 0.416 e. The van der Waals surface area contributed by atoms with E-state index < -0.39 is 11.7 Å². The van der Waals surface area contributed by atoms with E-state index in [1.807, 2.05) is 0 Å². The summed E-state index contributed by atoms with van der Waals surface area (Å²) >= 11 is 1.81. The lowest BCUT2D eigenvalue weighted by molar-refractivity contribution is -0.137. The lowest BCUT2D eigenvalue weighted by atomic mass is 10.0. The van der Waals surface area contributed by atoms with Crippen LogP contribution in [0.1, 0.15) is 37.8 Å². The molecule has 0 radical (unpaired) electrons. The Labute approximate surface area is 193 Å². The van der Waals surface area contributed by atoms with E-state index in [1.54, 1.807) is 24.9 Å². The smallest absolute Gasteiger partial charge is 0.355 e. The Kier molecular flexibility index (Phi) is 10.6. The minimum Gasteiger partial charge on any atom is -0.355 e. The van der Waals surface area contributed by atoms with Gasteiger partial charge in [-0.05, 0) is 44.6 Å². The predicted molar refractivity (Wildman–Crippen MR) is 127 cm³/mol. The molecular weight excluding hydrogens is 512 g/mol. The molecule has 166 valence electrons. The first kappa shape index (κ1) is 26.4. The summed E-state index contributed by atoms with van der Waals surface area (Å²) in [7, 11) is 1.77. The van der Waals surface area contributed by atoms with Crippen molar-refractivity contribution in [1.82, 2.24) is 15.5 Å². The van der Waals surface area contributed by atoms with Crippen LogP contribution in [0.5, 0.6) is 0 Å². The van der Waals surface area contributed by atoms with Crippen molar-refractivity contribution in [2.45, 2.75) is 50.2 Å². The summed E-state index contributed by atoms with van der Waals surface area (Å²) in [5.41, 5.74) is 0.127. The third kappa shape index (κ3) is 8.92.